The fraction of sp³-hybridized carbons (Fsp3) is 0.200. The molecule has 0 aliphatic heterocycles. The second kappa shape index (κ2) is 7.46. The summed E-state index contributed by atoms with van der Waals surface area (Å²) in [5.74, 6) is -1.05. The second-order valence-corrected chi connectivity index (χ2v) is 5.75. The topological polar surface area (TPSA) is 94.4 Å². The molecule has 0 unspecified atom stereocenters. The van der Waals surface area contributed by atoms with Gasteiger partial charge in [0.15, 0.2) is 6.10 Å². The first-order chi connectivity index (χ1) is 11.3. The quantitative estimate of drug-likeness (QED) is 0.634. The molecule has 24 heavy (non-hydrogen) atoms. The van der Waals surface area contributed by atoms with Crippen LogP contribution in [0.3, 0.4) is 0 Å². The zero-order valence-electron chi connectivity index (χ0n) is 12.7. The molecule has 2 rings (SSSR count). The molecule has 1 aromatic heterocycles. The van der Waals surface area contributed by atoms with E-state index in [1.54, 1.807) is 25.1 Å². The number of hydrogen-bond acceptors (Lipinski definition) is 5. The molecule has 1 N–H and O–H groups in total. The molecular weight excluding hydrogens is 357 g/mol. The number of carbonyl (C=O) groups is 1. The van der Waals surface area contributed by atoms with Gasteiger partial charge in [0, 0.05) is 11.9 Å². The van der Waals surface area contributed by atoms with Gasteiger partial charge in [0.2, 0.25) is 5.75 Å². The molecule has 0 bridgehead atoms. The highest BCUT2D eigenvalue weighted by Crippen LogP contribution is 2.27. The Morgan fingerprint density at radius 3 is 2.67 bits per heavy atom. The van der Waals surface area contributed by atoms with E-state index in [-0.39, 0.29) is 10.8 Å². The highest BCUT2D eigenvalue weighted by molar-refractivity contribution is 6.36. The third-order valence-corrected chi connectivity index (χ3v) is 3.56. The summed E-state index contributed by atoms with van der Waals surface area (Å²) in [6.07, 6.45) is -1.00. The third-order valence-electron chi connectivity index (χ3n) is 3.01. The molecule has 1 heterocycles. The fourth-order valence-corrected chi connectivity index (χ4v) is 2.28. The van der Waals surface area contributed by atoms with Gasteiger partial charge in [0.25, 0.3) is 5.91 Å². The predicted molar refractivity (Wildman–Crippen MR) is 90.8 cm³/mol. The second-order valence-electron chi connectivity index (χ2n) is 4.90. The number of carbonyl (C=O) groups excluding carboxylic acids is 1. The van der Waals surface area contributed by atoms with Crippen LogP contribution < -0.4 is 10.1 Å². The summed E-state index contributed by atoms with van der Waals surface area (Å²) < 4.78 is 5.37. The zero-order chi connectivity index (χ0) is 17.9. The average Bonchev–Trinajstić information content (AvgIpc) is 2.51. The molecule has 7 nitrogen and oxygen atoms in total. The van der Waals surface area contributed by atoms with Crippen LogP contribution in [-0.4, -0.2) is 21.9 Å². The molecule has 1 amide bonds. The Hall–Kier alpha value is -2.38. The van der Waals surface area contributed by atoms with Crippen LogP contribution in [0.15, 0.2) is 30.3 Å². The number of nitrogens with one attached hydrogen (secondary N) is 1. The number of aromatic nitrogens is 1. The maximum absolute atomic E-state index is 12.2. The molecule has 1 atom stereocenters. The van der Waals surface area contributed by atoms with Crippen molar-refractivity contribution in [2.75, 3.05) is 5.32 Å². The molecular formula is C15H13Cl2N3O4. The van der Waals surface area contributed by atoms with Gasteiger partial charge in [-0.2, -0.15) is 0 Å². The fourth-order valence-electron chi connectivity index (χ4n) is 1.82. The van der Waals surface area contributed by atoms with Gasteiger partial charge in [-0.05, 0) is 47.2 Å². The minimum Gasteiger partial charge on any atom is -0.473 e. The number of anilines is 1. The summed E-state index contributed by atoms with van der Waals surface area (Å²) >= 11 is 11.8. The molecule has 9 heteroatoms. The van der Waals surface area contributed by atoms with E-state index in [4.69, 9.17) is 27.9 Å². The van der Waals surface area contributed by atoms with Gasteiger partial charge < -0.3 is 20.2 Å². The van der Waals surface area contributed by atoms with Crippen LogP contribution in [0.4, 0.5) is 11.5 Å². The number of pyridine rings is 1. The Bertz CT molecular complexity index is 798. The lowest BCUT2D eigenvalue weighted by Crippen LogP contribution is -2.30. The number of hydrogen-bond donors (Lipinski definition) is 1. The van der Waals surface area contributed by atoms with E-state index in [0.717, 1.165) is 0 Å². The van der Waals surface area contributed by atoms with Crippen LogP contribution in [0.5, 0.6) is 5.75 Å². The Kier molecular flexibility index (Phi) is 5.58. The van der Waals surface area contributed by atoms with Crippen LogP contribution in [0.2, 0.25) is 10.0 Å². The SMILES string of the molecule is Cc1ccc(O[C@@H](C)C(=O)Nc2ccc(Cl)cc2Cl)c([N+](=O)[O-])n1. The minimum atomic E-state index is -1.00. The minimum absolute atomic E-state index is 0.0875. The van der Waals surface area contributed by atoms with Gasteiger partial charge in [0.05, 0.1) is 10.7 Å². The maximum Gasteiger partial charge on any atom is 0.406 e. The number of nitrogens with zero attached hydrogens (tertiary/aromatic N) is 2. The average molecular weight is 370 g/mol. The van der Waals surface area contributed by atoms with Crippen molar-refractivity contribution in [2.24, 2.45) is 0 Å². The Balaban J connectivity index is 2.13. The first-order valence-electron chi connectivity index (χ1n) is 6.82. The van der Waals surface area contributed by atoms with E-state index in [2.05, 4.69) is 10.3 Å². The number of rotatable bonds is 5. The molecule has 0 aliphatic carbocycles. The molecule has 0 fully saturated rings. The predicted octanol–water partition coefficient (Wildman–Crippen LogP) is 4.01. The molecule has 0 radical (unpaired) electrons. The van der Waals surface area contributed by atoms with Crippen molar-refractivity contribution in [3.05, 3.63) is 56.2 Å². The monoisotopic (exact) mass is 369 g/mol. The van der Waals surface area contributed by atoms with E-state index in [1.165, 1.54) is 19.1 Å². The van der Waals surface area contributed by atoms with Gasteiger partial charge in [0.1, 0.15) is 5.69 Å². The van der Waals surface area contributed by atoms with Crippen molar-refractivity contribution in [3.63, 3.8) is 0 Å². The number of ether oxygens (including phenoxy) is 1. The Morgan fingerprint density at radius 2 is 2.04 bits per heavy atom. The van der Waals surface area contributed by atoms with Gasteiger partial charge in [-0.3, -0.25) is 4.79 Å². The van der Waals surface area contributed by atoms with E-state index in [9.17, 15) is 14.9 Å². The van der Waals surface area contributed by atoms with Gasteiger partial charge in [-0.15, -0.1) is 0 Å². The van der Waals surface area contributed by atoms with Crippen molar-refractivity contribution in [2.45, 2.75) is 20.0 Å². The van der Waals surface area contributed by atoms with Crippen LogP contribution in [0.25, 0.3) is 0 Å². The van der Waals surface area contributed by atoms with Crippen molar-refractivity contribution in [1.29, 1.82) is 0 Å². The smallest absolute Gasteiger partial charge is 0.406 e. The zero-order valence-corrected chi connectivity index (χ0v) is 14.3. The van der Waals surface area contributed by atoms with Crippen LogP contribution >= 0.6 is 23.2 Å². The van der Waals surface area contributed by atoms with Gasteiger partial charge >= 0.3 is 5.82 Å². The number of nitro groups is 1. The molecule has 1 aromatic carbocycles. The molecule has 2 aromatic rings. The first kappa shape index (κ1) is 18.0. The van der Waals surface area contributed by atoms with Crippen LogP contribution in [0.1, 0.15) is 12.6 Å². The van der Waals surface area contributed by atoms with E-state index in [0.29, 0.717) is 16.4 Å². The molecule has 0 spiro atoms. The Labute approximate surface area is 147 Å². The summed E-state index contributed by atoms with van der Waals surface area (Å²) in [4.78, 5) is 26.3. The maximum atomic E-state index is 12.2. The van der Waals surface area contributed by atoms with E-state index < -0.39 is 22.8 Å². The number of benzene rings is 1. The van der Waals surface area contributed by atoms with Crippen molar-refractivity contribution in [3.8, 4) is 5.75 Å². The standard InChI is InChI=1S/C15H13Cl2N3O4/c1-8-3-6-13(14(18-8)20(22)23)24-9(2)15(21)19-12-5-4-10(16)7-11(12)17/h3-7,9H,1-2H3,(H,19,21)/t9-/m0/s1. The Morgan fingerprint density at radius 1 is 1.33 bits per heavy atom. The van der Waals surface area contributed by atoms with E-state index >= 15 is 0 Å². The highest BCUT2D eigenvalue weighted by Gasteiger charge is 2.23. The summed E-state index contributed by atoms with van der Waals surface area (Å²) in [7, 11) is 0. The molecule has 126 valence electrons. The number of aryl methyl sites for hydroxylation is 1. The van der Waals surface area contributed by atoms with E-state index in [1.807, 2.05) is 0 Å². The van der Waals surface area contributed by atoms with Crippen LogP contribution in [0, 0.1) is 17.0 Å². The summed E-state index contributed by atoms with van der Waals surface area (Å²) in [6.45, 7) is 3.08. The molecule has 0 saturated heterocycles. The number of halogens is 2. The van der Waals surface area contributed by atoms with Crippen LogP contribution in [-0.2, 0) is 4.79 Å². The van der Waals surface area contributed by atoms with Gasteiger partial charge in [-0.25, -0.2) is 0 Å². The third kappa shape index (κ3) is 4.33. The highest BCUT2D eigenvalue weighted by atomic mass is 35.5. The van der Waals surface area contributed by atoms with Gasteiger partial charge in [-0.1, -0.05) is 23.2 Å². The van der Waals surface area contributed by atoms with Crippen molar-refractivity contribution >= 4 is 40.6 Å². The summed E-state index contributed by atoms with van der Waals surface area (Å²) in [5, 5.41) is 14.3. The van der Waals surface area contributed by atoms with Crippen molar-refractivity contribution in [1.82, 2.24) is 4.98 Å². The largest absolute Gasteiger partial charge is 0.473 e. The molecule has 0 saturated carbocycles. The molecule has 0 aliphatic rings. The number of amides is 1. The summed E-state index contributed by atoms with van der Waals surface area (Å²) in [5.41, 5.74) is 0.831. The normalized spacial score (nSPS) is 11.7. The lowest BCUT2D eigenvalue weighted by Gasteiger charge is -2.15. The first-order valence-corrected chi connectivity index (χ1v) is 7.58. The summed E-state index contributed by atoms with van der Waals surface area (Å²) in [6, 6.07) is 7.57. The lowest BCUT2D eigenvalue weighted by atomic mass is 10.3. The van der Waals surface area contributed by atoms with Crippen molar-refractivity contribution < 1.29 is 14.5 Å². The lowest BCUT2D eigenvalue weighted by molar-refractivity contribution is -0.390.